The second-order valence-electron chi connectivity index (χ2n) is 4.35. The minimum Gasteiger partial charge on any atom is -0.376 e. The lowest BCUT2D eigenvalue weighted by Crippen LogP contribution is -2.52. The van der Waals surface area contributed by atoms with Crippen molar-refractivity contribution in [3.63, 3.8) is 0 Å². The van der Waals surface area contributed by atoms with Crippen LogP contribution in [0, 0.1) is 0 Å². The zero-order chi connectivity index (χ0) is 11.3. The van der Waals surface area contributed by atoms with Gasteiger partial charge in [0, 0.05) is 13.7 Å². The maximum absolute atomic E-state index is 11.5. The maximum Gasteiger partial charge on any atom is 0.237 e. The largest absolute Gasteiger partial charge is 0.376 e. The van der Waals surface area contributed by atoms with E-state index in [0.717, 1.165) is 25.7 Å². The van der Waals surface area contributed by atoms with Crippen LogP contribution in [-0.4, -0.2) is 31.2 Å². The van der Waals surface area contributed by atoms with E-state index in [1.807, 2.05) is 6.92 Å². The molecule has 0 aromatic rings. The van der Waals surface area contributed by atoms with Gasteiger partial charge in [-0.15, -0.1) is 0 Å². The van der Waals surface area contributed by atoms with Gasteiger partial charge in [0.1, 0.15) is 0 Å². The minimum absolute atomic E-state index is 0.0554. The van der Waals surface area contributed by atoms with Crippen LogP contribution in [-0.2, 0) is 9.53 Å². The molecule has 0 aromatic heterocycles. The van der Waals surface area contributed by atoms with Crippen LogP contribution in [0.3, 0.4) is 0 Å². The summed E-state index contributed by atoms with van der Waals surface area (Å²) in [7, 11) is 1.71. The van der Waals surface area contributed by atoms with Crippen LogP contribution in [0.1, 0.15) is 39.0 Å². The molecule has 0 unspecified atom stereocenters. The summed E-state index contributed by atoms with van der Waals surface area (Å²) >= 11 is 0. The Hall–Kier alpha value is -0.610. The van der Waals surface area contributed by atoms with Gasteiger partial charge in [0.05, 0.1) is 11.6 Å². The van der Waals surface area contributed by atoms with Gasteiger partial charge in [-0.1, -0.05) is 13.3 Å². The fourth-order valence-corrected chi connectivity index (χ4v) is 1.85. The third-order valence-corrected chi connectivity index (χ3v) is 3.22. The van der Waals surface area contributed by atoms with Crippen molar-refractivity contribution in [1.29, 1.82) is 0 Å². The molecule has 4 nitrogen and oxygen atoms in total. The van der Waals surface area contributed by atoms with Crippen molar-refractivity contribution in [1.82, 2.24) is 5.32 Å². The molecule has 1 aliphatic rings. The van der Waals surface area contributed by atoms with Crippen molar-refractivity contribution >= 4 is 5.91 Å². The van der Waals surface area contributed by atoms with Crippen molar-refractivity contribution in [2.75, 3.05) is 13.7 Å². The first-order chi connectivity index (χ1) is 7.13. The number of amides is 1. The van der Waals surface area contributed by atoms with Crippen LogP contribution in [0.25, 0.3) is 0 Å². The van der Waals surface area contributed by atoms with E-state index in [0.29, 0.717) is 6.54 Å². The molecule has 0 bridgehead atoms. The maximum atomic E-state index is 11.5. The summed E-state index contributed by atoms with van der Waals surface area (Å²) in [6.45, 7) is 2.62. The molecule has 0 aliphatic heterocycles. The van der Waals surface area contributed by atoms with Crippen LogP contribution in [0.15, 0.2) is 0 Å². The van der Waals surface area contributed by atoms with Crippen LogP contribution in [0.4, 0.5) is 0 Å². The average molecular weight is 214 g/mol. The standard InChI is InChI=1S/C11H22N2O2/c1-3-5-9(12)10(14)13-8-11(15-2)6-4-7-11/h9H,3-8,12H2,1-2H3,(H,13,14)/t9-/m1/s1. The molecule has 0 heterocycles. The highest BCUT2D eigenvalue weighted by Crippen LogP contribution is 2.34. The average Bonchev–Trinajstić information content (AvgIpc) is 2.17. The summed E-state index contributed by atoms with van der Waals surface area (Å²) in [6.07, 6.45) is 4.93. The SMILES string of the molecule is CCC[C@@H](N)C(=O)NCC1(OC)CCC1. The summed E-state index contributed by atoms with van der Waals surface area (Å²) in [5.74, 6) is -0.0554. The Morgan fingerprint density at radius 2 is 2.27 bits per heavy atom. The molecule has 88 valence electrons. The smallest absolute Gasteiger partial charge is 0.237 e. The van der Waals surface area contributed by atoms with Crippen LogP contribution < -0.4 is 11.1 Å². The van der Waals surface area contributed by atoms with Gasteiger partial charge < -0.3 is 15.8 Å². The number of nitrogens with one attached hydrogen (secondary N) is 1. The number of carbonyl (C=O) groups excluding carboxylic acids is 1. The molecule has 1 saturated carbocycles. The summed E-state index contributed by atoms with van der Waals surface area (Å²) in [5.41, 5.74) is 5.60. The van der Waals surface area contributed by atoms with Gasteiger partial charge in [-0.2, -0.15) is 0 Å². The second kappa shape index (κ2) is 5.47. The van der Waals surface area contributed by atoms with Gasteiger partial charge >= 0.3 is 0 Å². The number of methoxy groups -OCH3 is 1. The normalized spacial score (nSPS) is 20.5. The number of rotatable bonds is 6. The summed E-state index contributed by atoms with van der Waals surface area (Å²) in [6, 6.07) is -0.371. The number of ether oxygens (including phenoxy) is 1. The predicted octanol–water partition coefficient (Wildman–Crippen LogP) is 0.799. The first-order valence-corrected chi connectivity index (χ1v) is 5.72. The van der Waals surface area contributed by atoms with Crippen LogP contribution >= 0.6 is 0 Å². The molecule has 15 heavy (non-hydrogen) atoms. The van der Waals surface area contributed by atoms with Crippen LogP contribution in [0.5, 0.6) is 0 Å². The third-order valence-electron chi connectivity index (χ3n) is 3.22. The van der Waals surface area contributed by atoms with Gasteiger partial charge in [0.25, 0.3) is 0 Å². The van der Waals surface area contributed by atoms with Crippen molar-refractivity contribution in [3.05, 3.63) is 0 Å². The van der Waals surface area contributed by atoms with Gasteiger partial charge in [0.2, 0.25) is 5.91 Å². The monoisotopic (exact) mass is 214 g/mol. The highest BCUT2D eigenvalue weighted by atomic mass is 16.5. The molecule has 0 aromatic carbocycles. The van der Waals surface area contributed by atoms with E-state index >= 15 is 0 Å². The summed E-state index contributed by atoms with van der Waals surface area (Å²) in [4.78, 5) is 11.5. The molecule has 0 radical (unpaired) electrons. The number of nitrogens with two attached hydrogens (primary N) is 1. The highest BCUT2D eigenvalue weighted by Gasteiger charge is 2.37. The predicted molar refractivity (Wildman–Crippen MR) is 59.5 cm³/mol. The molecule has 1 aliphatic carbocycles. The Balaban J connectivity index is 2.26. The Morgan fingerprint density at radius 1 is 1.60 bits per heavy atom. The van der Waals surface area contributed by atoms with E-state index in [1.165, 1.54) is 6.42 Å². The minimum atomic E-state index is -0.371. The molecular weight excluding hydrogens is 192 g/mol. The molecule has 1 rings (SSSR count). The van der Waals surface area contributed by atoms with Gasteiger partial charge in [-0.25, -0.2) is 0 Å². The number of hydrogen-bond acceptors (Lipinski definition) is 3. The zero-order valence-electron chi connectivity index (χ0n) is 9.71. The van der Waals surface area contributed by atoms with Gasteiger partial charge in [-0.3, -0.25) is 4.79 Å². The molecule has 1 fully saturated rings. The van der Waals surface area contributed by atoms with E-state index in [4.69, 9.17) is 10.5 Å². The molecule has 1 amide bonds. The lowest BCUT2D eigenvalue weighted by Gasteiger charge is -2.40. The van der Waals surface area contributed by atoms with Crippen LogP contribution in [0.2, 0.25) is 0 Å². The second-order valence-corrected chi connectivity index (χ2v) is 4.35. The summed E-state index contributed by atoms with van der Waals surface area (Å²) < 4.78 is 5.41. The highest BCUT2D eigenvalue weighted by molar-refractivity contribution is 5.81. The molecule has 0 spiro atoms. The van der Waals surface area contributed by atoms with Crippen molar-refractivity contribution < 1.29 is 9.53 Å². The third kappa shape index (κ3) is 3.18. The zero-order valence-corrected chi connectivity index (χ0v) is 9.71. The van der Waals surface area contributed by atoms with Gasteiger partial charge in [-0.05, 0) is 25.7 Å². The lowest BCUT2D eigenvalue weighted by atomic mass is 9.80. The first-order valence-electron chi connectivity index (χ1n) is 5.72. The van der Waals surface area contributed by atoms with E-state index in [2.05, 4.69) is 5.32 Å². The number of carbonyl (C=O) groups is 1. The Labute approximate surface area is 91.5 Å². The summed E-state index contributed by atoms with van der Waals surface area (Å²) in [5, 5.41) is 2.87. The van der Waals surface area contributed by atoms with E-state index in [1.54, 1.807) is 7.11 Å². The fourth-order valence-electron chi connectivity index (χ4n) is 1.85. The van der Waals surface area contributed by atoms with E-state index in [-0.39, 0.29) is 17.6 Å². The molecule has 4 heteroatoms. The Bertz CT molecular complexity index is 209. The number of hydrogen-bond donors (Lipinski definition) is 2. The Morgan fingerprint density at radius 3 is 2.67 bits per heavy atom. The lowest BCUT2D eigenvalue weighted by molar-refractivity contribution is -0.126. The molecular formula is C11H22N2O2. The van der Waals surface area contributed by atoms with Crippen molar-refractivity contribution in [3.8, 4) is 0 Å². The Kier molecular flexibility index (Phi) is 4.54. The molecule has 1 atom stereocenters. The molecule has 0 saturated heterocycles. The van der Waals surface area contributed by atoms with E-state index < -0.39 is 0 Å². The first kappa shape index (κ1) is 12.5. The van der Waals surface area contributed by atoms with Crippen molar-refractivity contribution in [2.24, 2.45) is 5.73 Å². The topological polar surface area (TPSA) is 64.4 Å². The molecule has 3 N–H and O–H groups in total. The van der Waals surface area contributed by atoms with E-state index in [9.17, 15) is 4.79 Å². The quantitative estimate of drug-likeness (QED) is 0.687. The fraction of sp³-hybridized carbons (Fsp3) is 0.909. The van der Waals surface area contributed by atoms with Crippen molar-refractivity contribution in [2.45, 2.75) is 50.7 Å². The van der Waals surface area contributed by atoms with Gasteiger partial charge in [0.15, 0.2) is 0 Å².